The predicted molar refractivity (Wildman–Crippen MR) is 147 cm³/mol. The third-order valence-electron chi connectivity index (χ3n) is 5.80. The van der Waals surface area contributed by atoms with Gasteiger partial charge < -0.3 is 10.2 Å². The van der Waals surface area contributed by atoms with Crippen LogP contribution < -0.4 is 9.62 Å². The smallest absolute Gasteiger partial charge is 0.264 e. The molecule has 1 atom stereocenters. The fourth-order valence-corrected chi connectivity index (χ4v) is 5.61. The van der Waals surface area contributed by atoms with Crippen molar-refractivity contribution in [3.05, 3.63) is 94.2 Å². The van der Waals surface area contributed by atoms with Gasteiger partial charge in [-0.15, -0.1) is 0 Å². The maximum Gasteiger partial charge on any atom is 0.264 e. The maximum absolute atomic E-state index is 14.9. The van der Waals surface area contributed by atoms with Gasteiger partial charge in [0.25, 0.3) is 10.0 Å². The predicted octanol–water partition coefficient (Wildman–Crippen LogP) is 5.27. The number of nitrogens with one attached hydrogen (secondary N) is 1. The van der Waals surface area contributed by atoms with Gasteiger partial charge in [-0.25, -0.2) is 12.8 Å². The van der Waals surface area contributed by atoms with Crippen LogP contribution in [0.2, 0.25) is 10.0 Å². The monoisotopic (exact) mass is 579 g/mol. The van der Waals surface area contributed by atoms with Crippen LogP contribution in [-0.4, -0.2) is 44.3 Å². The van der Waals surface area contributed by atoms with Crippen LogP contribution in [0, 0.1) is 5.82 Å². The number of hydrogen-bond donors (Lipinski definition) is 1. The molecule has 0 radical (unpaired) electrons. The Bertz CT molecular complexity index is 1390. The molecule has 0 unspecified atom stereocenters. The zero-order valence-corrected chi connectivity index (χ0v) is 23.2. The number of carbonyl (C=O) groups is 2. The minimum Gasteiger partial charge on any atom is -0.354 e. The molecule has 0 aliphatic carbocycles. The fraction of sp³-hybridized carbons (Fsp3) is 0.259. The molecule has 0 aliphatic rings. The Balaban J connectivity index is 2.04. The van der Waals surface area contributed by atoms with E-state index in [0.717, 1.165) is 6.07 Å². The zero-order chi connectivity index (χ0) is 27.9. The molecule has 0 saturated carbocycles. The molecular formula is C27H28Cl2FN3O4S. The minimum absolute atomic E-state index is 0.105. The summed E-state index contributed by atoms with van der Waals surface area (Å²) >= 11 is 12.4. The number of anilines is 1. The number of para-hydroxylation sites is 1. The Kier molecular flexibility index (Phi) is 10.1. The zero-order valence-electron chi connectivity index (χ0n) is 20.9. The molecule has 0 aromatic heterocycles. The standard InChI is InChI=1S/C27H28Cl2FN3O4S/c1-3-15-31-27(35)19(2)32(17-20-13-14-21(28)16-23(20)29)26(34)18-33(25-12-8-7-11-24(25)30)38(36,37)22-9-5-4-6-10-22/h4-14,16,19H,3,15,17-18H2,1-2H3,(H,31,35)/t19-/m0/s1. The first-order chi connectivity index (χ1) is 18.1. The van der Waals surface area contributed by atoms with Gasteiger partial charge in [0.05, 0.1) is 10.6 Å². The lowest BCUT2D eigenvalue weighted by Gasteiger charge is -2.32. The summed E-state index contributed by atoms with van der Waals surface area (Å²) in [5, 5.41) is 3.42. The normalized spacial score (nSPS) is 12.0. The summed E-state index contributed by atoms with van der Waals surface area (Å²) in [6, 6.07) is 16.5. The van der Waals surface area contributed by atoms with Gasteiger partial charge in [0.2, 0.25) is 11.8 Å². The minimum atomic E-state index is -4.35. The van der Waals surface area contributed by atoms with Gasteiger partial charge in [-0.1, -0.05) is 66.5 Å². The first kappa shape index (κ1) is 29.4. The first-order valence-corrected chi connectivity index (χ1v) is 14.1. The van der Waals surface area contributed by atoms with Gasteiger partial charge >= 0.3 is 0 Å². The topological polar surface area (TPSA) is 86.8 Å². The molecule has 0 fully saturated rings. The second-order valence-corrected chi connectivity index (χ2v) is 11.2. The second kappa shape index (κ2) is 13.1. The first-order valence-electron chi connectivity index (χ1n) is 11.9. The molecule has 1 N–H and O–H groups in total. The molecular weight excluding hydrogens is 552 g/mol. The number of carbonyl (C=O) groups excluding carboxylic acids is 2. The Morgan fingerprint density at radius 2 is 1.66 bits per heavy atom. The Labute approximate surface area is 232 Å². The van der Waals surface area contributed by atoms with E-state index < -0.39 is 40.2 Å². The van der Waals surface area contributed by atoms with Gasteiger partial charge in [-0.05, 0) is 55.3 Å². The highest BCUT2D eigenvalue weighted by molar-refractivity contribution is 7.92. The van der Waals surface area contributed by atoms with Crippen molar-refractivity contribution in [3.63, 3.8) is 0 Å². The van der Waals surface area contributed by atoms with Crippen molar-refractivity contribution in [3.8, 4) is 0 Å². The molecule has 0 saturated heterocycles. The van der Waals surface area contributed by atoms with Gasteiger partial charge in [0, 0.05) is 23.1 Å². The highest BCUT2D eigenvalue weighted by Crippen LogP contribution is 2.28. The maximum atomic E-state index is 14.9. The van der Waals surface area contributed by atoms with Crippen LogP contribution in [0.5, 0.6) is 0 Å². The lowest BCUT2D eigenvalue weighted by molar-refractivity contribution is -0.139. The summed E-state index contributed by atoms with van der Waals surface area (Å²) in [7, 11) is -4.35. The van der Waals surface area contributed by atoms with Crippen molar-refractivity contribution in [2.45, 2.75) is 37.8 Å². The highest BCUT2D eigenvalue weighted by Gasteiger charge is 2.33. The molecule has 7 nitrogen and oxygen atoms in total. The molecule has 3 aromatic rings. The molecule has 3 aromatic carbocycles. The van der Waals surface area contributed by atoms with Gasteiger partial charge in [-0.2, -0.15) is 0 Å². The number of nitrogens with zero attached hydrogens (tertiary/aromatic N) is 2. The molecule has 0 bridgehead atoms. The van der Waals surface area contributed by atoms with Crippen molar-refractivity contribution < 1.29 is 22.4 Å². The second-order valence-electron chi connectivity index (χ2n) is 8.50. The van der Waals surface area contributed by atoms with Crippen molar-refractivity contribution in [1.29, 1.82) is 0 Å². The summed E-state index contributed by atoms with van der Waals surface area (Å²) in [6.45, 7) is 2.96. The van der Waals surface area contributed by atoms with Gasteiger partial charge in [0.15, 0.2) is 0 Å². The van der Waals surface area contributed by atoms with Crippen LogP contribution >= 0.6 is 23.2 Å². The Hall–Kier alpha value is -3.14. The SMILES string of the molecule is CCCNC(=O)[C@H](C)N(Cc1ccc(Cl)cc1Cl)C(=O)CN(c1ccccc1F)S(=O)(=O)c1ccccc1. The number of rotatable bonds is 11. The molecule has 202 valence electrons. The van der Waals surface area contributed by atoms with E-state index in [-0.39, 0.29) is 22.2 Å². The lowest BCUT2D eigenvalue weighted by Crippen LogP contribution is -2.51. The van der Waals surface area contributed by atoms with Crippen molar-refractivity contribution in [2.75, 3.05) is 17.4 Å². The average Bonchev–Trinajstić information content (AvgIpc) is 2.90. The van der Waals surface area contributed by atoms with E-state index in [1.807, 2.05) is 6.92 Å². The van der Waals surface area contributed by atoms with E-state index in [2.05, 4.69) is 5.32 Å². The molecule has 0 spiro atoms. The molecule has 2 amide bonds. The molecule has 0 aliphatic heterocycles. The Morgan fingerprint density at radius 3 is 2.29 bits per heavy atom. The van der Waals surface area contributed by atoms with E-state index >= 15 is 0 Å². The van der Waals surface area contributed by atoms with E-state index in [1.165, 1.54) is 60.4 Å². The molecule has 0 heterocycles. The van der Waals surface area contributed by atoms with Crippen LogP contribution in [0.4, 0.5) is 10.1 Å². The van der Waals surface area contributed by atoms with Crippen LogP contribution in [0.3, 0.4) is 0 Å². The van der Waals surface area contributed by atoms with Gasteiger partial charge in [-0.3, -0.25) is 13.9 Å². The van der Waals surface area contributed by atoms with Crippen LogP contribution in [0.15, 0.2) is 77.7 Å². The highest BCUT2D eigenvalue weighted by atomic mass is 35.5. The van der Waals surface area contributed by atoms with Crippen LogP contribution in [0.1, 0.15) is 25.8 Å². The summed E-state index contributed by atoms with van der Waals surface area (Å²) in [5.74, 6) is -1.97. The molecule has 38 heavy (non-hydrogen) atoms. The van der Waals surface area contributed by atoms with Crippen LogP contribution in [-0.2, 0) is 26.2 Å². The van der Waals surface area contributed by atoms with Crippen molar-refractivity contribution in [2.24, 2.45) is 0 Å². The summed E-state index contributed by atoms with van der Waals surface area (Å²) in [6.07, 6.45) is 0.686. The van der Waals surface area contributed by atoms with Crippen molar-refractivity contribution in [1.82, 2.24) is 10.2 Å². The summed E-state index contributed by atoms with van der Waals surface area (Å²) in [4.78, 5) is 27.7. The third-order valence-corrected chi connectivity index (χ3v) is 8.16. The third kappa shape index (κ3) is 7.03. The van der Waals surface area contributed by atoms with E-state index in [9.17, 15) is 22.4 Å². The number of hydrogen-bond acceptors (Lipinski definition) is 4. The fourth-order valence-electron chi connectivity index (χ4n) is 3.70. The summed E-state index contributed by atoms with van der Waals surface area (Å²) in [5.41, 5.74) is 0.209. The number of halogens is 3. The lowest BCUT2D eigenvalue weighted by atomic mass is 10.1. The molecule has 11 heteroatoms. The number of sulfonamides is 1. The number of amides is 2. The quantitative estimate of drug-likeness (QED) is 0.335. The summed E-state index contributed by atoms with van der Waals surface area (Å²) < 4.78 is 42.8. The average molecular weight is 581 g/mol. The van der Waals surface area contributed by atoms with Gasteiger partial charge in [0.1, 0.15) is 18.4 Å². The van der Waals surface area contributed by atoms with Crippen LogP contribution in [0.25, 0.3) is 0 Å². The van der Waals surface area contributed by atoms with E-state index in [1.54, 1.807) is 18.2 Å². The number of benzene rings is 3. The van der Waals surface area contributed by atoms with E-state index in [0.29, 0.717) is 27.9 Å². The van der Waals surface area contributed by atoms with E-state index in [4.69, 9.17) is 23.2 Å². The largest absolute Gasteiger partial charge is 0.354 e. The molecule has 3 rings (SSSR count). The van der Waals surface area contributed by atoms with Crippen molar-refractivity contribution >= 4 is 50.7 Å². The Morgan fingerprint density at radius 1 is 1.00 bits per heavy atom.